The van der Waals surface area contributed by atoms with Gasteiger partial charge >= 0.3 is 0 Å². The van der Waals surface area contributed by atoms with Crippen molar-refractivity contribution in [3.8, 4) is 0 Å². The van der Waals surface area contributed by atoms with E-state index in [0.29, 0.717) is 25.0 Å². The molecule has 1 atom stereocenters. The number of ether oxygens (including phenoxy) is 1. The summed E-state index contributed by atoms with van der Waals surface area (Å²) in [6, 6.07) is 3.78. The lowest BCUT2D eigenvalue weighted by atomic mass is 10.1. The van der Waals surface area contributed by atoms with E-state index in [9.17, 15) is 4.79 Å². The molecule has 122 valence electrons. The average molecular weight is 333 g/mol. The van der Waals surface area contributed by atoms with Gasteiger partial charge in [0.15, 0.2) is 5.82 Å². The van der Waals surface area contributed by atoms with Gasteiger partial charge in [-0.1, -0.05) is 11.2 Å². The number of hydrogen-bond acceptors (Lipinski definition) is 6. The third-order valence-electron chi connectivity index (χ3n) is 4.27. The van der Waals surface area contributed by atoms with Crippen molar-refractivity contribution in [2.24, 2.45) is 0 Å². The predicted molar refractivity (Wildman–Crippen MR) is 84.3 cm³/mol. The van der Waals surface area contributed by atoms with Crippen molar-refractivity contribution in [1.29, 1.82) is 0 Å². The molecule has 1 saturated carbocycles. The van der Waals surface area contributed by atoms with Crippen molar-refractivity contribution in [3.05, 3.63) is 34.1 Å². The zero-order valence-corrected chi connectivity index (χ0v) is 13.6. The molecule has 0 radical (unpaired) electrons. The van der Waals surface area contributed by atoms with Gasteiger partial charge in [0.25, 0.3) is 11.8 Å². The number of thiophene rings is 1. The van der Waals surface area contributed by atoms with Crippen LogP contribution in [0.2, 0.25) is 0 Å². The van der Waals surface area contributed by atoms with Crippen LogP contribution in [0.3, 0.4) is 0 Å². The Morgan fingerprint density at radius 3 is 3.13 bits per heavy atom. The van der Waals surface area contributed by atoms with E-state index in [1.54, 1.807) is 0 Å². The zero-order valence-electron chi connectivity index (χ0n) is 12.8. The molecule has 6 nitrogen and oxygen atoms in total. The summed E-state index contributed by atoms with van der Waals surface area (Å²) in [6.45, 7) is 1.74. The molecule has 7 heteroatoms. The molecule has 2 aromatic heterocycles. The van der Waals surface area contributed by atoms with E-state index in [0.717, 1.165) is 42.9 Å². The van der Waals surface area contributed by atoms with Gasteiger partial charge in [-0.25, -0.2) is 0 Å². The minimum Gasteiger partial charge on any atom is -0.367 e. The number of hydrogen-bond donors (Lipinski definition) is 0. The number of piperidine rings is 1. The molecule has 1 aliphatic carbocycles. The van der Waals surface area contributed by atoms with Crippen LogP contribution in [0.1, 0.15) is 53.0 Å². The topological polar surface area (TPSA) is 68.5 Å². The maximum Gasteiger partial charge on any atom is 0.264 e. The second-order valence-corrected chi connectivity index (χ2v) is 7.07. The van der Waals surface area contributed by atoms with Crippen LogP contribution < -0.4 is 0 Å². The zero-order chi connectivity index (χ0) is 15.6. The molecule has 0 N–H and O–H groups in total. The SMILES string of the molecule is O=C(c1cccs1)N1CCCC(OCc2nc(C3CC3)no2)C1. The van der Waals surface area contributed by atoms with Gasteiger partial charge in [-0.05, 0) is 37.1 Å². The van der Waals surface area contributed by atoms with E-state index >= 15 is 0 Å². The van der Waals surface area contributed by atoms with Gasteiger partial charge in [-0.15, -0.1) is 11.3 Å². The van der Waals surface area contributed by atoms with Crippen molar-refractivity contribution < 1.29 is 14.1 Å². The van der Waals surface area contributed by atoms with Crippen LogP contribution in [0.15, 0.2) is 22.0 Å². The third kappa shape index (κ3) is 3.45. The van der Waals surface area contributed by atoms with Gasteiger partial charge in [0.1, 0.15) is 6.61 Å². The fraction of sp³-hybridized carbons (Fsp3) is 0.562. The summed E-state index contributed by atoms with van der Waals surface area (Å²) in [6.07, 6.45) is 4.25. The van der Waals surface area contributed by atoms with Crippen LogP contribution in [0, 0.1) is 0 Å². The molecule has 4 rings (SSSR count). The van der Waals surface area contributed by atoms with E-state index in [4.69, 9.17) is 9.26 Å². The Kier molecular flexibility index (Phi) is 4.13. The Morgan fingerprint density at radius 2 is 2.35 bits per heavy atom. The lowest BCUT2D eigenvalue weighted by Crippen LogP contribution is -2.43. The number of amides is 1. The van der Waals surface area contributed by atoms with Crippen LogP contribution in [0.4, 0.5) is 0 Å². The van der Waals surface area contributed by atoms with Crippen molar-refractivity contribution in [3.63, 3.8) is 0 Å². The summed E-state index contributed by atoms with van der Waals surface area (Å²) in [4.78, 5) is 19.4. The normalized spacial score (nSPS) is 21.6. The monoisotopic (exact) mass is 333 g/mol. The Balaban J connectivity index is 1.31. The maximum absolute atomic E-state index is 12.4. The lowest BCUT2D eigenvalue weighted by molar-refractivity contribution is -0.0152. The van der Waals surface area contributed by atoms with Crippen LogP contribution >= 0.6 is 11.3 Å². The Bertz CT molecular complexity index is 666. The van der Waals surface area contributed by atoms with E-state index in [-0.39, 0.29) is 12.0 Å². The molecular formula is C16H19N3O3S. The average Bonchev–Trinajstić information content (AvgIpc) is 3.11. The fourth-order valence-corrected chi connectivity index (χ4v) is 3.53. The number of carbonyl (C=O) groups excluding carboxylic acids is 1. The highest BCUT2D eigenvalue weighted by atomic mass is 32.1. The van der Waals surface area contributed by atoms with Crippen molar-refractivity contribution in [1.82, 2.24) is 15.0 Å². The summed E-state index contributed by atoms with van der Waals surface area (Å²) in [7, 11) is 0. The number of rotatable bonds is 5. The van der Waals surface area contributed by atoms with E-state index in [1.807, 2.05) is 22.4 Å². The third-order valence-corrected chi connectivity index (χ3v) is 5.12. The van der Waals surface area contributed by atoms with Crippen LogP contribution in [0.5, 0.6) is 0 Å². The molecule has 0 spiro atoms. The smallest absolute Gasteiger partial charge is 0.264 e. The van der Waals surface area contributed by atoms with Crippen molar-refractivity contribution >= 4 is 17.2 Å². The number of likely N-dealkylation sites (tertiary alicyclic amines) is 1. The van der Waals surface area contributed by atoms with Gasteiger partial charge in [-0.2, -0.15) is 4.98 Å². The molecule has 1 aliphatic heterocycles. The first-order valence-corrected chi connectivity index (χ1v) is 8.94. The van der Waals surface area contributed by atoms with Crippen LogP contribution in [0.25, 0.3) is 0 Å². The summed E-state index contributed by atoms with van der Waals surface area (Å²) in [5.74, 6) is 1.93. The Morgan fingerprint density at radius 1 is 1.43 bits per heavy atom. The van der Waals surface area contributed by atoms with E-state index < -0.39 is 0 Å². The molecule has 0 bridgehead atoms. The first kappa shape index (κ1) is 14.8. The lowest BCUT2D eigenvalue weighted by Gasteiger charge is -2.32. The molecule has 1 saturated heterocycles. The summed E-state index contributed by atoms with van der Waals surface area (Å²) in [5, 5.41) is 5.92. The Labute approximate surface area is 138 Å². The van der Waals surface area contributed by atoms with Crippen LogP contribution in [-0.4, -0.2) is 40.1 Å². The van der Waals surface area contributed by atoms with Gasteiger partial charge in [0, 0.05) is 19.0 Å². The predicted octanol–water partition coefficient (Wildman–Crippen LogP) is 2.83. The quantitative estimate of drug-likeness (QED) is 0.841. The number of aromatic nitrogens is 2. The highest BCUT2D eigenvalue weighted by molar-refractivity contribution is 7.12. The first-order valence-electron chi connectivity index (χ1n) is 8.06. The Hall–Kier alpha value is -1.73. The van der Waals surface area contributed by atoms with Gasteiger partial charge in [-0.3, -0.25) is 4.79 Å². The molecule has 0 aromatic carbocycles. The molecule has 2 aliphatic rings. The summed E-state index contributed by atoms with van der Waals surface area (Å²) < 4.78 is 11.1. The standard InChI is InChI=1S/C16H19N3O3S/c20-16(13-4-2-8-23-13)19-7-1-3-12(9-19)21-10-14-17-15(18-22-14)11-5-6-11/h2,4,8,11-12H,1,3,5-7,9-10H2. The molecule has 2 fully saturated rings. The van der Waals surface area contributed by atoms with Gasteiger partial charge in [0.2, 0.25) is 0 Å². The highest BCUT2D eigenvalue weighted by Crippen LogP contribution is 2.38. The number of nitrogens with zero attached hydrogens (tertiary/aromatic N) is 3. The molecule has 3 heterocycles. The minimum atomic E-state index is 0.0314. The van der Waals surface area contributed by atoms with E-state index in [2.05, 4.69) is 10.1 Å². The van der Waals surface area contributed by atoms with Crippen molar-refractivity contribution in [2.45, 2.75) is 44.3 Å². The summed E-state index contributed by atoms with van der Waals surface area (Å²) >= 11 is 1.48. The van der Waals surface area contributed by atoms with Crippen LogP contribution in [-0.2, 0) is 11.3 Å². The maximum atomic E-state index is 12.4. The minimum absolute atomic E-state index is 0.0314. The molecule has 1 amide bonds. The summed E-state index contributed by atoms with van der Waals surface area (Å²) in [5.41, 5.74) is 0. The van der Waals surface area contributed by atoms with Crippen molar-refractivity contribution in [2.75, 3.05) is 13.1 Å². The first-order chi connectivity index (χ1) is 11.3. The second kappa shape index (κ2) is 6.41. The largest absolute Gasteiger partial charge is 0.367 e. The number of carbonyl (C=O) groups is 1. The van der Waals surface area contributed by atoms with Gasteiger partial charge in [0.05, 0.1) is 11.0 Å². The molecule has 23 heavy (non-hydrogen) atoms. The molecule has 1 unspecified atom stereocenters. The second-order valence-electron chi connectivity index (χ2n) is 6.12. The van der Waals surface area contributed by atoms with E-state index in [1.165, 1.54) is 11.3 Å². The fourth-order valence-electron chi connectivity index (χ4n) is 2.84. The molecular weight excluding hydrogens is 314 g/mol. The molecule has 2 aromatic rings. The highest BCUT2D eigenvalue weighted by Gasteiger charge is 2.29. The van der Waals surface area contributed by atoms with Gasteiger partial charge < -0.3 is 14.2 Å².